The Kier molecular flexibility index (Phi) is 6.20. The highest BCUT2D eigenvalue weighted by Gasteiger charge is 2.06. The predicted octanol–water partition coefficient (Wildman–Crippen LogP) is 4.30. The largest absolute Gasteiger partial charge is 0.493 e. The molecule has 2 aromatic carbocycles. The number of nitrogens with one attached hydrogen (secondary N) is 1. The highest BCUT2D eigenvalue weighted by molar-refractivity contribution is 7.15. The lowest BCUT2D eigenvalue weighted by Crippen LogP contribution is -2.16. The fraction of sp³-hybridized carbons (Fsp3) is 0.250. The molecule has 26 heavy (non-hydrogen) atoms. The van der Waals surface area contributed by atoms with E-state index in [1.807, 2.05) is 24.4 Å². The van der Waals surface area contributed by atoms with Gasteiger partial charge in [0.25, 0.3) is 0 Å². The summed E-state index contributed by atoms with van der Waals surface area (Å²) in [6.07, 6.45) is 2.72. The molecule has 0 fully saturated rings. The van der Waals surface area contributed by atoms with Crippen LogP contribution in [-0.4, -0.2) is 25.7 Å². The summed E-state index contributed by atoms with van der Waals surface area (Å²) in [5, 5.41) is 4.42. The topological polar surface area (TPSA) is 43.4 Å². The molecule has 6 heteroatoms. The van der Waals surface area contributed by atoms with Gasteiger partial charge in [-0.15, -0.1) is 11.3 Å². The molecule has 0 aliphatic carbocycles. The van der Waals surface area contributed by atoms with Crippen LogP contribution in [0.2, 0.25) is 0 Å². The van der Waals surface area contributed by atoms with Crippen LogP contribution in [0.1, 0.15) is 10.6 Å². The summed E-state index contributed by atoms with van der Waals surface area (Å²) in [4.78, 5) is 5.48. The van der Waals surface area contributed by atoms with Crippen LogP contribution in [0.15, 0.2) is 48.7 Å². The molecule has 0 unspecified atom stereocenters. The van der Waals surface area contributed by atoms with E-state index in [9.17, 15) is 4.39 Å². The lowest BCUT2D eigenvalue weighted by atomic mass is 10.1. The number of benzene rings is 2. The van der Waals surface area contributed by atoms with Crippen LogP contribution in [0.3, 0.4) is 0 Å². The van der Waals surface area contributed by atoms with E-state index < -0.39 is 0 Å². The SMILES string of the molecule is COc1ccc(CCNCc2ncc(-c3ccc(F)cc3)s2)cc1OC. The van der Waals surface area contributed by atoms with Crippen molar-refractivity contribution in [2.75, 3.05) is 20.8 Å². The minimum absolute atomic E-state index is 0.227. The molecule has 0 spiro atoms. The van der Waals surface area contributed by atoms with Crippen molar-refractivity contribution in [3.8, 4) is 21.9 Å². The van der Waals surface area contributed by atoms with Crippen LogP contribution >= 0.6 is 11.3 Å². The van der Waals surface area contributed by atoms with Crippen LogP contribution in [0.4, 0.5) is 4.39 Å². The van der Waals surface area contributed by atoms with Crippen LogP contribution in [0, 0.1) is 5.82 Å². The standard InChI is InChI=1S/C20H21FN2O2S/c1-24-17-8-3-14(11-18(17)25-2)9-10-22-13-20-23-12-19(26-20)15-4-6-16(21)7-5-15/h3-8,11-12,22H,9-10,13H2,1-2H3. The molecular formula is C20H21FN2O2S. The molecule has 0 aliphatic heterocycles. The third-order valence-corrected chi connectivity index (χ3v) is 5.04. The van der Waals surface area contributed by atoms with Crippen LogP contribution in [0.5, 0.6) is 11.5 Å². The van der Waals surface area contributed by atoms with E-state index in [-0.39, 0.29) is 5.82 Å². The maximum absolute atomic E-state index is 13.0. The minimum atomic E-state index is -0.227. The van der Waals surface area contributed by atoms with Crippen molar-refractivity contribution in [3.63, 3.8) is 0 Å². The summed E-state index contributed by atoms with van der Waals surface area (Å²) in [5.74, 6) is 1.25. The summed E-state index contributed by atoms with van der Waals surface area (Å²) >= 11 is 1.62. The van der Waals surface area contributed by atoms with Crippen molar-refractivity contribution in [1.82, 2.24) is 10.3 Å². The summed E-state index contributed by atoms with van der Waals surface area (Å²) in [6, 6.07) is 12.4. The van der Waals surface area contributed by atoms with E-state index in [1.165, 1.54) is 17.7 Å². The van der Waals surface area contributed by atoms with Gasteiger partial charge in [-0.05, 0) is 48.4 Å². The molecule has 0 saturated heterocycles. The Morgan fingerprint density at radius 2 is 1.81 bits per heavy atom. The molecule has 3 aromatic rings. The number of aromatic nitrogens is 1. The van der Waals surface area contributed by atoms with E-state index in [1.54, 1.807) is 37.7 Å². The quantitative estimate of drug-likeness (QED) is 0.599. The Balaban J connectivity index is 1.50. The molecule has 1 aromatic heterocycles. The first-order valence-electron chi connectivity index (χ1n) is 8.32. The maximum atomic E-state index is 13.0. The van der Waals surface area contributed by atoms with Crippen LogP contribution in [0.25, 0.3) is 10.4 Å². The average molecular weight is 372 g/mol. The van der Waals surface area contributed by atoms with Gasteiger partial charge in [0, 0.05) is 12.7 Å². The molecule has 136 valence electrons. The molecule has 1 N–H and O–H groups in total. The lowest BCUT2D eigenvalue weighted by molar-refractivity contribution is 0.354. The number of rotatable bonds is 8. The molecule has 1 heterocycles. The zero-order valence-electron chi connectivity index (χ0n) is 14.8. The Morgan fingerprint density at radius 1 is 1.04 bits per heavy atom. The smallest absolute Gasteiger partial charge is 0.160 e. The molecule has 0 amide bonds. The number of thiazole rings is 1. The predicted molar refractivity (Wildman–Crippen MR) is 102 cm³/mol. The van der Waals surface area contributed by atoms with Crippen molar-refractivity contribution in [3.05, 3.63) is 65.0 Å². The molecule has 0 aliphatic rings. The van der Waals surface area contributed by atoms with Gasteiger partial charge in [-0.3, -0.25) is 0 Å². The fourth-order valence-electron chi connectivity index (χ4n) is 2.60. The first-order chi connectivity index (χ1) is 12.7. The fourth-order valence-corrected chi connectivity index (χ4v) is 3.50. The number of methoxy groups -OCH3 is 2. The van der Waals surface area contributed by atoms with E-state index >= 15 is 0 Å². The summed E-state index contributed by atoms with van der Waals surface area (Å²) in [6.45, 7) is 1.54. The molecule has 0 saturated carbocycles. The van der Waals surface area contributed by atoms with Crippen molar-refractivity contribution in [2.24, 2.45) is 0 Å². The second kappa shape index (κ2) is 8.78. The van der Waals surface area contributed by atoms with E-state index in [2.05, 4.69) is 10.3 Å². The Bertz CT molecular complexity index is 849. The number of hydrogen-bond acceptors (Lipinski definition) is 5. The van der Waals surface area contributed by atoms with Gasteiger partial charge in [-0.1, -0.05) is 18.2 Å². The van der Waals surface area contributed by atoms with E-state index in [4.69, 9.17) is 9.47 Å². The van der Waals surface area contributed by atoms with Gasteiger partial charge in [0.05, 0.1) is 19.1 Å². The molecule has 3 rings (SSSR count). The van der Waals surface area contributed by atoms with Gasteiger partial charge in [0.2, 0.25) is 0 Å². The number of hydrogen-bond donors (Lipinski definition) is 1. The first kappa shape index (κ1) is 18.4. The van der Waals surface area contributed by atoms with Gasteiger partial charge < -0.3 is 14.8 Å². The zero-order chi connectivity index (χ0) is 18.4. The van der Waals surface area contributed by atoms with Gasteiger partial charge in [0.15, 0.2) is 11.5 Å². The second-order valence-corrected chi connectivity index (χ2v) is 6.86. The normalized spacial score (nSPS) is 10.7. The molecule has 0 bridgehead atoms. The summed E-state index contributed by atoms with van der Waals surface area (Å²) < 4.78 is 23.6. The maximum Gasteiger partial charge on any atom is 0.160 e. The lowest BCUT2D eigenvalue weighted by Gasteiger charge is -2.09. The summed E-state index contributed by atoms with van der Waals surface area (Å²) in [7, 11) is 3.27. The third kappa shape index (κ3) is 4.59. The first-order valence-corrected chi connectivity index (χ1v) is 9.13. The molecule has 0 radical (unpaired) electrons. The zero-order valence-corrected chi connectivity index (χ0v) is 15.6. The number of nitrogens with zero attached hydrogens (tertiary/aromatic N) is 1. The van der Waals surface area contributed by atoms with Crippen molar-refractivity contribution in [1.29, 1.82) is 0 Å². The molecular weight excluding hydrogens is 351 g/mol. The van der Waals surface area contributed by atoms with Gasteiger partial charge in [0.1, 0.15) is 10.8 Å². The van der Waals surface area contributed by atoms with Crippen LogP contribution < -0.4 is 14.8 Å². The summed E-state index contributed by atoms with van der Waals surface area (Å²) in [5.41, 5.74) is 2.17. The highest BCUT2D eigenvalue weighted by Crippen LogP contribution is 2.28. The van der Waals surface area contributed by atoms with Crippen LogP contribution in [-0.2, 0) is 13.0 Å². The van der Waals surface area contributed by atoms with Crippen molar-refractivity contribution >= 4 is 11.3 Å². The number of ether oxygens (including phenoxy) is 2. The average Bonchev–Trinajstić information content (AvgIpc) is 3.14. The van der Waals surface area contributed by atoms with Crippen molar-refractivity contribution in [2.45, 2.75) is 13.0 Å². The van der Waals surface area contributed by atoms with Gasteiger partial charge in [-0.2, -0.15) is 0 Å². The minimum Gasteiger partial charge on any atom is -0.493 e. The highest BCUT2D eigenvalue weighted by atomic mass is 32.1. The van der Waals surface area contributed by atoms with E-state index in [0.29, 0.717) is 6.54 Å². The Labute approximate surface area is 156 Å². The third-order valence-electron chi connectivity index (χ3n) is 4.00. The second-order valence-electron chi connectivity index (χ2n) is 5.74. The molecule has 4 nitrogen and oxygen atoms in total. The molecule has 0 atom stereocenters. The Hall–Kier alpha value is -2.44. The van der Waals surface area contributed by atoms with E-state index in [0.717, 1.165) is 39.9 Å². The van der Waals surface area contributed by atoms with Gasteiger partial charge in [-0.25, -0.2) is 9.37 Å². The van der Waals surface area contributed by atoms with Gasteiger partial charge >= 0.3 is 0 Å². The van der Waals surface area contributed by atoms with Crippen molar-refractivity contribution < 1.29 is 13.9 Å². The number of halogens is 1. The Morgan fingerprint density at radius 3 is 2.54 bits per heavy atom. The monoisotopic (exact) mass is 372 g/mol.